The Morgan fingerprint density at radius 1 is 0.861 bits per heavy atom. The molecule has 0 aliphatic heterocycles. The first-order chi connectivity index (χ1) is 17.3. The minimum Gasteiger partial charge on any atom is -0.497 e. The Morgan fingerprint density at radius 2 is 1.56 bits per heavy atom. The summed E-state index contributed by atoms with van der Waals surface area (Å²) in [6.45, 7) is 5.82. The fourth-order valence-electron chi connectivity index (χ4n) is 3.82. The number of benzene rings is 2. The van der Waals surface area contributed by atoms with E-state index in [1.165, 1.54) is 13.8 Å². The van der Waals surface area contributed by atoms with E-state index in [0.717, 1.165) is 16.9 Å². The van der Waals surface area contributed by atoms with Gasteiger partial charge in [-0.25, -0.2) is 0 Å². The van der Waals surface area contributed by atoms with Gasteiger partial charge in [0.1, 0.15) is 23.3 Å². The van der Waals surface area contributed by atoms with Gasteiger partial charge in [-0.3, -0.25) is 14.4 Å². The van der Waals surface area contributed by atoms with Gasteiger partial charge in [0.05, 0.1) is 26.9 Å². The fourth-order valence-corrected chi connectivity index (χ4v) is 3.82. The van der Waals surface area contributed by atoms with Crippen LogP contribution in [0.25, 0.3) is 0 Å². The topological polar surface area (TPSA) is 115 Å². The van der Waals surface area contributed by atoms with Crippen molar-refractivity contribution in [3.8, 4) is 17.2 Å². The minimum atomic E-state index is -0.728. The molecule has 2 aromatic carbocycles. The van der Waals surface area contributed by atoms with Crippen molar-refractivity contribution < 1.29 is 28.6 Å². The Kier molecular flexibility index (Phi) is 11.6. The van der Waals surface area contributed by atoms with Crippen molar-refractivity contribution in [2.24, 2.45) is 0 Å². The van der Waals surface area contributed by atoms with Gasteiger partial charge in [0.25, 0.3) is 0 Å². The Bertz CT molecular complexity index is 1010. The predicted octanol–water partition coefficient (Wildman–Crippen LogP) is 3.12. The Morgan fingerprint density at radius 3 is 2.14 bits per heavy atom. The highest BCUT2D eigenvalue weighted by Crippen LogP contribution is 2.34. The number of rotatable bonds is 14. The lowest BCUT2D eigenvalue weighted by atomic mass is 9.96. The smallest absolute Gasteiger partial charge is 0.243 e. The molecule has 2 rings (SSSR count). The average molecular weight is 500 g/mol. The lowest BCUT2D eigenvalue weighted by Gasteiger charge is -2.25. The summed E-state index contributed by atoms with van der Waals surface area (Å²) in [7, 11) is 3.13. The third-order valence-corrected chi connectivity index (χ3v) is 5.55. The molecule has 2 atom stereocenters. The third-order valence-electron chi connectivity index (χ3n) is 5.55. The number of carbonyl (C=O) groups excluding carboxylic acids is 3. The number of hydrogen-bond acceptors (Lipinski definition) is 6. The van der Waals surface area contributed by atoms with E-state index in [4.69, 9.17) is 14.2 Å². The number of unbranched alkanes of at least 4 members (excludes halogenated alkanes) is 1. The molecule has 0 aromatic heterocycles. The van der Waals surface area contributed by atoms with Crippen molar-refractivity contribution in [2.45, 2.75) is 52.1 Å². The van der Waals surface area contributed by atoms with Gasteiger partial charge in [-0.15, -0.1) is 0 Å². The lowest BCUT2D eigenvalue weighted by Crippen LogP contribution is -2.47. The van der Waals surface area contributed by atoms with E-state index in [2.05, 4.69) is 16.0 Å². The Balaban J connectivity index is 2.32. The van der Waals surface area contributed by atoms with Crippen LogP contribution in [0.3, 0.4) is 0 Å². The quantitative estimate of drug-likeness (QED) is 0.344. The molecule has 36 heavy (non-hydrogen) atoms. The zero-order valence-electron chi connectivity index (χ0n) is 21.7. The normalized spacial score (nSPS) is 12.1. The maximum Gasteiger partial charge on any atom is 0.243 e. The van der Waals surface area contributed by atoms with E-state index in [1.807, 2.05) is 37.3 Å². The molecule has 9 heteroatoms. The van der Waals surface area contributed by atoms with Crippen LogP contribution < -0.4 is 30.2 Å². The first kappa shape index (κ1) is 28.5. The number of ether oxygens (including phenoxy) is 3. The molecule has 2 unspecified atom stereocenters. The fraction of sp³-hybridized carbons (Fsp3) is 0.444. The Labute approximate surface area is 212 Å². The maximum atomic E-state index is 13.4. The summed E-state index contributed by atoms with van der Waals surface area (Å²) < 4.78 is 16.5. The lowest BCUT2D eigenvalue weighted by molar-refractivity contribution is -0.128. The van der Waals surface area contributed by atoms with Crippen molar-refractivity contribution in [3.05, 3.63) is 53.6 Å². The number of nitrogens with one attached hydrogen (secondary N) is 3. The van der Waals surface area contributed by atoms with Gasteiger partial charge >= 0.3 is 0 Å². The standard InChI is InChI=1S/C27H37N3O6/c1-6-36-21-12-10-20(11-13-21)26(23-15-14-22(34-4)17-25(23)35-5)30-27(33)24(29-19(3)32)9-7-8-16-28-18(2)31/h10-15,17,24,26H,6-9,16H2,1-5H3,(H,28,31)(H,29,32)(H,30,33). The molecule has 0 spiro atoms. The molecule has 0 heterocycles. The number of hydrogen-bond donors (Lipinski definition) is 3. The van der Waals surface area contributed by atoms with E-state index < -0.39 is 12.1 Å². The van der Waals surface area contributed by atoms with Gasteiger partial charge in [0, 0.05) is 32.0 Å². The van der Waals surface area contributed by atoms with E-state index in [-0.39, 0.29) is 17.7 Å². The monoisotopic (exact) mass is 499 g/mol. The van der Waals surface area contributed by atoms with Crippen LogP contribution in [0.5, 0.6) is 17.2 Å². The number of carbonyl (C=O) groups is 3. The first-order valence-electron chi connectivity index (χ1n) is 12.1. The SMILES string of the molecule is CCOc1ccc(C(NC(=O)C(CCCCNC(C)=O)NC(C)=O)c2ccc(OC)cc2OC)cc1. The molecule has 2 aromatic rings. The summed E-state index contributed by atoms with van der Waals surface area (Å²) in [5.74, 6) is 1.20. The van der Waals surface area contributed by atoms with Crippen LogP contribution in [0.1, 0.15) is 57.2 Å². The van der Waals surface area contributed by atoms with Crippen molar-refractivity contribution in [1.29, 1.82) is 0 Å². The van der Waals surface area contributed by atoms with Crippen LogP contribution >= 0.6 is 0 Å². The summed E-state index contributed by atoms with van der Waals surface area (Å²) in [6, 6.07) is 11.6. The van der Waals surface area contributed by atoms with E-state index in [9.17, 15) is 14.4 Å². The van der Waals surface area contributed by atoms with Crippen LogP contribution in [0.4, 0.5) is 0 Å². The van der Waals surface area contributed by atoms with Crippen molar-refractivity contribution in [1.82, 2.24) is 16.0 Å². The van der Waals surface area contributed by atoms with E-state index >= 15 is 0 Å². The average Bonchev–Trinajstić information content (AvgIpc) is 2.86. The maximum absolute atomic E-state index is 13.4. The summed E-state index contributed by atoms with van der Waals surface area (Å²) in [6.07, 6.45) is 1.77. The minimum absolute atomic E-state index is 0.0993. The van der Waals surface area contributed by atoms with Crippen molar-refractivity contribution in [2.75, 3.05) is 27.4 Å². The van der Waals surface area contributed by atoms with Crippen LogP contribution in [0.2, 0.25) is 0 Å². The van der Waals surface area contributed by atoms with Gasteiger partial charge in [-0.05, 0) is 56.0 Å². The highest BCUT2D eigenvalue weighted by atomic mass is 16.5. The molecule has 0 radical (unpaired) electrons. The van der Waals surface area contributed by atoms with Crippen LogP contribution in [0, 0.1) is 0 Å². The molecule has 0 saturated heterocycles. The summed E-state index contributed by atoms with van der Waals surface area (Å²) in [5.41, 5.74) is 1.56. The second-order valence-corrected chi connectivity index (χ2v) is 8.28. The molecule has 3 N–H and O–H groups in total. The van der Waals surface area contributed by atoms with E-state index in [0.29, 0.717) is 43.9 Å². The second kappa shape index (κ2) is 14.6. The molecular formula is C27H37N3O6. The molecule has 0 aliphatic rings. The van der Waals surface area contributed by atoms with Crippen LogP contribution in [-0.2, 0) is 14.4 Å². The number of amides is 3. The highest BCUT2D eigenvalue weighted by Gasteiger charge is 2.26. The zero-order chi connectivity index (χ0) is 26.5. The second-order valence-electron chi connectivity index (χ2n) is 8.28. The first-order valence-corrected chi connectivity index (χ1v) is 12.1. The van der Waals surface area contributed by atoms with E-state index in [1.54, 1.807) is 26.4 Å². The van der Waals surface area contributed by atoms with Gasteiger partial charge in [0.2, 0.25) is 17.7 Å². The molecule has 0 bridgehead atoms. The third kappa shape index (κ3) is 8.79. The van der Waals surface area contributed by atoms with Gasteiger partial charge in [0.15, 0.2) is 0 Å². The molecule has 3 amide bonds. The predicted molar refractivity (Wildman–Crippen MR) is 137 cm³/mol. The largest absolute Gasteiger partial charge is 0.497 e. The van der Waals surface area contributed by atoms with Gasteiger partial charge < -0.3 is 30.2 Å². The van der Waals surface area contributed by atoms with Gasteiger partial charge in [-0.1, -0.05) is 12.1 Å². The molecule has 0 fully saturated rings. The molecular weight excluding hydrogens is 462 g/mol. The van der Waals surface area contributed by atoms with Crippen molar-refractivity contribution in [3.63, 3.8) is 0 Å². The molecule has 196 valence electrons. The highest BCUT2D eigenvalue weighted by molar-refractivity contribution is 5.87. The van der Waals surface area contributed by atoms with Crippen LogP contribution in [0.15, 0.2) is 42.5 Å². The van der Waals surface area contributed by atoms with Crippen LogP contribution in [-0.4, -0.2) is 51.1 Å². The van der Waals surface area contributed by atoms with Gasteiger partial charge in [-0.2, -0.15) is 0 Å². The molecule has 9 nitrogen and oxygen atoms in total. The zero-order valence-corrected chi connectivity index (χ0v) is 21.7. The van der Waals surface area contributed by atoms with Crippen molar-refractivity contribution >= 4 is 17.7 Å². The molecule has 0 aliphatic carbocycles. The number of methoxy groups -OCH3 is 2. The summed E-state index contributed by atoms with van der Waals surface area (Å²) >= 11 is 0. The summed E-state index contributed by atoms with van der Waals surface area (Å²) in [4.78, 5) is 36.3. The molecule has 0 saturated carbocycles. The summed E-state index contributed by atoms with van der Waals surface area (Å²) in [5, 5.41) is 8.58. The Hall–Kier alpha value is -3.75.